The first-order valence-electron chi connectivity index (χ1n) is 8.48. The van der Waals surface area contributed by atoms with Crippen LogP contribution < -0.4 is 20.6 Å². The van der Waals surface area contributed by atoms with E-state index in [2.05, 4.69) is 5.32 Å². The number of hydrogen-bond acceptors (Lipinski definition) is 5. The summed E-state index contributed by atoms with van der Waals surface area (Å²) >= 11 is 0. The highest BCUT2D eigenvalue weighted by molar-refractivity contribution is 6.06. The molecule has 1 aromatic heterocycles. The Morgan fingerprint density at radius 2 is 1.96 bits per heavy atom. The van der Waals surface area contributed by atoms with Crippen molar-refractivity contribution >= 4 is 34.2 Å². The predicted octanol–water partition coefficient (Wildman–Crippen LogP) is 2.79. The van der Waals surface area contributed by atoms with Gasteiger partial charge in [-0.2, -0.15) is 0 Å². The Labute approximate surface area is 154 Å². The molecule has 1 aliphatic rings. The number of nitrogens with one attached hydrogen (secondary N) is 1. The third-order valence-electron chi connectivity index (χ3n) is 4.36. The molecule has 7 heteroatoms. The summed E-state index contributed by atoms with van der Waals surface area (Å²) in [6.07, 6.45) is 0. The number of hydrogen-bond donors (Lipinski definition) is 1. The number of para-hydroxylation sites is 1. The van der Waals surface area contributed by atoms with Gasteiger partial charge in [-0.1, -0.05) is 18.2 Å². The highest BCUT2D eigenvalue weighted by Gasteiger charge is 2.25. The summed E-state index contributed by atoms with van der Waals surface area (Å²) in [7, 11) is 0. The molecule has 0 unspecified atom stereocenters. The van der Waals surface area contributed by atoms with E-state index in [1.54, 1.807) is 47.4 Å². The van der Waals surface area contributed by atoms with Crippen LogP contribution in [0.1, 0.15) is 17.3 Å². The van der Waals surface area contributed by atoms with Gasteiger partial charge in [-0.3, -0.25) is 9.59 Å². The first-order chi connectivity index (χ1) is 13.1. The molecule has 0 fully saturated rings. The Bertz CT molecular complexity index is 1120. The van der Waals surface area contributed by atoms with E-state index in [0.29, 0.717) is 34.6 Å². The van der Waals surface area contributed by atoms with Crippen LogP contribution >= 0.6 is 0 Å². The number of rotatable bonds is 3. The average Bonchev–Trinajstić information content (AvgIpc) is 2.67. The average molecular weight is 364 g/mol. The summed E-state index contributed by atoms with van der Waals surface area (Å²) < 4.78 is 10.6. The fourth-order valence-corrected chi connectivity index (χ4v) is 3.05. The molecule has 0 bridgehead atoms. The molecule has 0 aliphatic carbocycles. The van der Waals surface area contributed by atoms with Gasteiger partial charge in [-0.25, -0.2) is 4.79 Å². The molecule has 2 heterocycles. The second-order valence-electron chi connectivity index (χ2n) is 6.05. The van der Waals surface area contributed by atoms with E-state index in [1.807, 2.05) is 6.92 Å². The number of nitrogens with zero attached hydrogens (tertiary/aromatic N) is 1. The maximum absolute atomic E-state index is 12.6. The van der Waals surface area contributed by atoms with Crippen LogP contribution in [0.25, 0.3) is 11.0 Å². The lowest BCUT2D eigenvalue weighted by atomic mass is 10.1. The molecule has 0 saturated carbocycles. The normalized spacial score (nSPS) is 13.2. The smallest absolute Gasteiger partial charge is 0.349 e. The third-order valence-corrected chi connectivity index (χ3v) is 4.36. The van der Waals surface area contributed by atoms with E-state index >= 15 is 0 Å². The van der Waals surface area contributed by atoms with Gasteiger partial charge >= 0.3 is 5.63 Å². The quantitative estimate of drug-likeness (QED) is 0.722. The number of amides is 2. The Balaban J connectivity index is 1.66. The van der Waals surface area contributed by atoms with Crippen molar-refractivity contribution in [3.05, 3.63) is 64.5 Å². The van der Waals surface area contributed by atoms with Gasteiger partial charge in [0.25, 0.3) is 11.8 Å². The number of fused-ring (bicyclic) bond motifs is 2. The van der Waals surface area contributed by atoms with Crippen molar-refractivity contribution in [1.29, 1.82) is 0 Å². The maximum atomic E-state index is 12.6. The summed E-state index contributed by atoms with van der Waals surface area (Å²) in [6.45, 7) is 2.34. The Morgan fingerprint density at radius 1 is 1.15 bits per heavy atom. The van der Waals surface area contributed by atoms with E-state index in [1.165, 1.54) is 6.07 Å². The minimum Gasteiger partial charge on any atom is -0.482 e. The van der Waals surface area contributed by atoms with Gasteiger partial charge in [0, 0.05) is 17.6 Å². The van der Waals surface area contributed by atoms with Crippen molar-refractivity contribution in [3.8, 4) is 5.75 Å². The van der Waals surface area contributed by atoms with Crippen molar-refractivity contribution in [2.45, 2.75) is 6.92 Å². The van der Waals surface area contributed by atoms with Crippen LogP contribution in [0.3, 0.4) is 0 Å². The minimum absolute atomic E-state index is 0.00924. The van der Waals surface area contributed by atoms with Gasteiger partial charge < -0.3 is 19.4 Å². The van der Waals surface area contributed by atoms with Crippen molar-refractivity contribution < 1.29 is 18.7 Å². The Hall–Kier alpha value is -3.61. The SMILES string of the molecule is CCN1C(=O)COc2ccc(NC(=O)c3cc4ccccc4oc3=O)cc21. The van der Waals surface area contributed by atoms with Crippen LogP contribution in [-0.2, 0) is 4.79 Å². The molecule has 2 amide bonds. The number of likely N-dealkylation sites (N-methyl/N-ethyl adjacent to an activating group) is 1. The molecule has 136 valence electrons. The number of benzene rings is 2. The minimum atomic E-state index is -0.710. The van der Waals surface area contributed by atoms with Crippen LogP contribution in [0.2, 0.25) is 0 Å². The first-order valence-corrected chi connectivity index (χ1v) is 8.48. The summed E-state index contributed by atoms with van der Waals surface area (Å²) in [5, 5.41) is 3.34. The zero-order chi connectivity index (χ0) is 19.0. The van der Waals surface area contributed by atoms with Gasteiger partial charge in [0.2, 0.25) is 0 Å². The van der Waals surface area contributed by atoms with Gasteiger partial charge in [0.05, 0.1) is 5.69 Å². The summed E-state index contributed by atoms with van der Waals surface area (Å²) in [4.78, 5) is 38.3. The molecule has 1 aliphatic heterocycles. The molecule has 7 nitrogen and oxygen atoms in total. The van der Waals surface area contributed by atoms with Crippen LogP contribution in [-0.4, -0.2) is 25.0 Å². The highest BCUT2D eigenvalue weighted by atomic mass is 16.5. The molecule has 27 heavy (non-hydrogen) atoms. The van der Waals surface area contributed by atoms with Crippen LogP contribution in [0.5, 0.6) is 5.75 Å². The molecular formula is C20H16N2O5. The number of ether oxygens (including phenoxy) is 1. The molecule has 4 rings (SSSR count). The van der Waals surface area contributed by atoms with Crippen LogP contribution in [0, 0.1) is 0 Å². The monoisotopic (exact) mass is 364 g/mol. The largest absolute Gasteiger partial charge is 0.482 e. The fourth-order valence-electron chi connectivity index (χ4n) is 3.05. The molecular weight excluding hydrogens is 348 g/mol. The van der Waals surface area contributed by atoms with Crippen LogP contribution in [0.15, 0.2) is 57.7 Å². The molecule has 2 aromatic carbocycles. The fraction of sp³-hybridized carbons (Fsp3) is 0.150. The molecule has 0 spiro atoms. The predicted molar refractivity (Wildman–Crippen MR) is 100 cm³/mol. The van der Waals surface area contributed by atoms with E-state index in [-0.39, 0.29) is 18.1 Å². The lowest BCUT2D eigenvalue weighted by Gasteiger charge is -2.28. The summed E-state index contributed by atoms with van der Waals surface area (Å²) in [6, 6.07) is 13.5. The standard InChI is InChI=1S/C20H16N2O5/c1-2-22-15-10-13(7-8-17(15)26-11-18(22)23)21-19(24)14-9-12-5-3-4-6-16(12)27-20(14)25/h3-10H,2,11H2,1H3,(H,21,24). The summed E-state index contributed by atoms with van der Waals surface area (Å²) in [5.74, 6) is -0.163. The highest BCUT2D eigenvalue weighted by Crippen LogP contribution is 2.34. The molecule has 0 atom stereocenters. The van der Waals surface area contributed by atoms with Crippen molar-refractivity contribution in [1.82, 2.24) is 0 Å². The van der Waals surface area contributed by atoms with Crippen LogP contribution in [0.4, 0.5) is 11.4 Å². The second kappa shape index (κ2) is 6.60. The zero-order valence-electron chi connectivity index (χ0n) is 14.5. The number of carbonyl (C=O) groups excluding carboxylic acids is 2. The Kier molecular flexibility index (Phi) is 4.12. The summed E-state index contributed by atoms with van der Waals surface area (Å²) in [5.41, 5.74) is 0.645. The van der Waals surface area contributed by atoms with E-state index in [9.17, 15) is 14.4 Å². The topological polar surface area (TPSA) is 88.8 Å². The molecule has 0 saturated heterocycles. The van der Waals surface area contributed by atoms with Crippen molar-refractivity contribution in [2.75, 3.05) is 23.4 Å². The first kappa shape index (κ1) is 16.8. The molecule has 0 radical (unpaired) electrons. The maximum Gasteiger partial charge on any atom is 0.349 e. The third kappa shape index (κ3) is 3.03. The van der Waals surface area contributed by atoms with Gasteiger partial charge in [-0.15, -0.1) is 0 Å². The van der Waals surface area contributed by atoms with Gasteiger partial charge in [0.15, 0.2) is 6.61 Å². The Morgan fingerprint density at radius 3 is 2.78 bits per heavy atom. The van der Waals surface area contributed by atoms with E-state index < -0.39 is 11.5 Å². The van der Waals surface area contributed by atoms with E-state index in [0.717, 1.165) is 0 Å². The number of carbonyl (C=O) groups is 2. The van der Waals surface area contributed by atoms with Gasteiger partial charge in [-0.05, 0) is 37.3 Å². The van der Waals surface area contributed by atoms with E-state index in [4.69, 9.17) is 9.15 Å². The zero-order valence-corrected chi connectivity index (χ0v) is 14.5. The second-order valence-corrected chi connectivity index (χ2v) is 6.05. The van der Waals surface area contributed by atoms with Gasteiger partial charge in [0.1, 0.15) is 16.9 Å². The van der Waals surface area contributed by atoms with Crippen molar-refractivity contribution in [2.24, 2.45) is 0 Å². The lowest BCUT2D eigenvalue weighted by Crippen LogP contribution is -2.38. The molecule has 1 N–H and O–H groups in total. The number of anilines is 2. The molecule has 3 aromatic rings. The van der Waals surface area contributed by atoms with Crippen molar-refractivity contribution in [3.63, 3.8) is 0 Å². The lowest BCUT2D eigenvalue weighted by molar-refractivity contribution is -0.121.